The molecule has 0 N–H and O–H groups in total. The van der Waals surface area contributed by atoms with Gasteiger partial charge in [0.05, 0.1) is 0 Å². The van der Waals surface area contributed by atoms with Crippen LogP contribution in [0.3, 0.4) is 0 Å². The highest BCUT2D eigenvalue weighted by molar-refractivity contribution is 6.99. The Balaban J connectivity index is 1.32. The minimum Gasteiger partial charge on any atom is -0.312 e. The highest BCUT2D eigenvalue weighted by atomic mass is 15.1. The molecule has 6 aromatic carbocycles. The molecule has 9 rings (SSSR count). The molecule has 234 valence electrons. The lowest BCUT2D eigenvalue weighted by Crippen LogP contribution is -2.64. The van der Waals surface area contributed by atoms with Crippen LogP contribution in [0.5, 0.6) is 0 Å². The zero-order chi connectivity index (χ0) is 33.0. The zero-order valence-corrected chi connectivity index (χ0v) is 28.9. The summed E-state index contributed by atoms with van der Waals surface area (Å²) >= 11 is 0. The van der Waals surface area contributed by atoms with Crippen molar-refractivity contribution in [2.75, 3.05) is 4.90 Å². The Bertz CT molecular complexity index is 2230. The Labute approximate surface area is 286 Å². The van der Waals surface area contributed by atoms with Gasteiger partial charge in [-0.3, -0.25) is 0 Å². The number of anilines is 3. The monoisotopic (exact) mass is 619 g/mol. The third-order valence-electron chi connectivity index (χ3n) is 11.7. The third-order valence-corrected chi connectivity index (χ3v) is 11.7. The summed E-state index contributed by atoms with van der Waals surface area (Å²) < 4.78 is 0. The van der Waals surface area contributed by atoms with Gasteiger partial charge in [0.1, 0.15) is 0 Å². The van der Waals surface area contributed by atoms with E-state index in [2.05, 4.69) is 180 Å². The molecule has 0 unspecified atom stereocenters. The maximum atomic E-state index is 2.63. The smallest absolute Gasteiger partial charge is 0.247 e. The maximum Gasteiger partial charge on any atom is 0.247 e. The molecule has 0 bridgehead atoms. The van der Waals surface area contributed by atoms with Crippen LogP contribution in [-0.4, -0.2) is 6.71 Å². The number of fused-ring (bicyclic) bond motifs is 5. The fourth-order valence-corrected chi connectivity index (χ4v) is 9.67. The molecule has 2 aliphatic heterocycles. The van der Waals surface area contributed by atoms with Crippen molar-refractivity contribution in [3.05, 3.63) is 156 Å². The van der Waals surface area contributed by atoms with Crippen LogP contribution >= 0.6 is 0 Å². The molecule has 1 aliphatic carbocycles. The van der Waals surface area contributed by atoms with E-state index in [9.17, 15) is 0 Å². The highest BCUT2D eigenvalue weighted by Crippen LogP contribution is 2.51. The molecular formula is C46H42BN. The summed E-state index contributed by atoms with van der Waals surface area (Å²) in [5.74, 6) is 0. The van der Waals surface area contributed by atoms with Gasteiger partial charge in [-0.15, -0.1) is 0 Å². The highest BCUT2D eigenvalue weighted by Gasteiger charge is 2.49. The minimum absolute atomic E-state index is 0.133. The van der Waals surface area contributed by atoms with Crippen LogP contribution in [0, 0.1) is 0 Å². The van der Waals surface area contributed by atoms with E-state index >= 15 is 0 Å². The fraction of sp³-hybridized carbons (Fsp3) is 0.217. The molecule has 0 spiro atoms. The largest absolute Gasteiger partial charge is 0.312 e. The van der Waals surface area contributed by atoms with Gasteiger partial charge in [0.15, 0.2) is 0 Å². The van der Waals surface area contributed by atoms with Gasteiger partial charge in [0.2, 0.25) is 6.71 Å². The molecule has 0 saturated carbocycles. The van der Waals surface area contributed by atoms with Gasteiger partial charge in [0, 0.05) is 22.5 Å². The van der Waals surface area contributed by atoms with E-state index in [1.54, 1.807) is 0 Å². The number of hydrogen-bond donors (Lipinski definition) is 0. The van der Waals surface area contributed by atoms with Crippen molar-refractivity contribution in [3.8, 4) is 22.3 Å². The van der Waals surface area contributed by atoms with E-state index in [1.807, 2.05) is 0 Å². The van der Waals surface area contributed by atoms with Gasteiger partial charge in [-0.05, 0) is 96.9 Å². The predicted molar refractivity (Wildman–Crippen MR) is 206 cm³/mol. The van der Waals surface area contributed by atoms with E-state index < -0.39 is 0 Å². The summed E-state index contributed by atoms with van der Waals surface area (Å²) in [6.45, 7) is 14.8. The SMILES string of the molecule is CC1(C)CC(C)(C)c2cc3c(cc21)B1c2cc(-c4ccccc4)ccc2N(c2ccc(-c4ccccc4)cc2)c2cccc(c21)C3(C)C. The van der Waals surface area contributed by atoms with E-state index in [1.165, 1.54) is 84.4 Å². The van der Waals surface area contributed by atoms with Crippen LogP contribution in [0.1, 0.15) is 70.2 Å². The first-order valence-electron chi connectivity index (χ1n) is 17.5. The molecule has 2 heteroatoms. The lowest BCUT2D eigenvalue weighted by Gasteiger charge is -2.46. The van der Waals surface area contributed by atoms with Crippen LogP contribution in [0.4, 0.5) is 17.1 Å². The van der Waals surface area contributed by atoms with Gasteiger partial charge in [-0.1, -0.05) is 156 Å². The van der Waals surface area contributed by atoms with Crippen molar-refractivity contribution >= 4 is 40.2 Å². The molecule has 48 heavy (non-hydrogen) atoms. The van der Waals surface area contributed by atoms with Crippen molar-refractivity contribution in [3.63, 3.8) is 0 Å². The van der Waals surface area contributed by atoms with Gasteiger partial charge in [0.25, 0.3) is 0 Å². The van der Waals surface area contributed by atoms with E-state index in [-0.39, 0.29) is 23.0 Å². The molecule has 0 atom stereocenters. The molecule has 1 nitrogen and oxygen atoms in total. The summed E-state index contributed by atoms with van der Waals surface area (Å²) in [7, 11) is 0. The average molecular weight is 620 g/mol. The standard InChI is InChI=1S/C46H42BN/c1-44(2)29-45(3,4)37-28-39-38(27-36(37)44)46(5,6)35-18-13-19-42-43(35)47(39)40-26-33(31-16-11-8-12-17-31)22-25-41(40)48(42)34-23-20-32(21-24-34)30-14-9-7-10-15-30/h7-28H,29H2,1-6H3. The van der Waals surface area contributed by atoms with Crippen LogP contribution < -0.4 is 21.3 Å². The summed E-state index contributed by atoms with van der Waals surface area (Å²) in [5.41, 5.74) is 19.2. The summed E-state index contributed by atoms with van der Waals surface area (Å²) in [6.07, 6.45) is 1.17. The number of hydrogen-bond acceptors (Lipinski definition) is 1. The molecule has 0 radical (unpaired) electrons. The van der Waals surface area contributed by atoms with Crippen LogP contribution in [-0.2, 0) is 16.2 Å². The van der Waals surface area contributed by atoms with Crippen LogP contribution in [0.15, 0.2) is 133 Å². The van der Waals surface area contributed by atoms with E-state index in [0.29, 0.717) is 0 Å². The fourth-order valence-electron chi connectivity index (χ4n) is 9.67. The molecule has 0 saturated heterocycles. The van der Waals surface area contributed by atoms with Crippen LogP contribution in [0.2, 0.25) is 0 Å². The second kappa shape index (κ2) is 10.1. The molecule has 0 aromatic heterocycles. The number of nitrogens with zero attached hydrogens (tertiary/aromatic N) is 1. The molecular weight excluding hydrogens is 577 g/mol. The Kier molecular flexibility index (Phi) is 6.17. The number of rotatable bonds is 3. The molecule has 0 amide bonds. The zero-order valence-electron chi connectivity index (χ0n) is 28.9. The second-order valence-electron chi connectivity index (χ2n) is 16.1. The topological polar surface area (TPSA) is 3.24 Å². The number of benzene rings is 6. The van der Waals surface area contributed by atoms with Crippen molar-refractivity contribution in [1.82, 2.24) is 0 Å². The third kappa shape index (κ3) is 4.18. The van der Waals surface area contributed by atoms with Gasteiger partial charge < -0.3 is 4.90 Å². The molecule has 6 aromatic rings. The first kappa shape index (κ1) is 29.3. The maximum absolute atomic E-state index is 2.63. The van der Waals surface area contributed by atoms with Crippen molar-refractivity contribution in [2.24, 2.45) is 0 Å². The van der Waals surface area contributed by atoms with Crippen molar-refractivity contribution < 1.29 is 0 Å². The first-order valence-corrected chi connectivity index (χ1v) is 17.5. The van der Waals surface area contributed by atoms with Gasteiger partial charge in [-0.2, -0.15) is 0 Å². The van der Waals surface area contributed by atoms with E-state index in [4.69, 9.17) is 0 Å². The van der Waals surface area contributed by atoms with Gasteiger partial charge >= 0.3 is 0 Å². The molecule has 3 aliphatic rings. The lowest BCUT2D eigenvalue weighted by molar-refractivity contribution is 0.403. The predicted octanol–water partition coefficient (Wildman–Crippen LogP) is 9.92. The lowest BCUT2D eigenvalue weighted by atomic mass is 9.30. The van der Waals surface area contributed by atoms with Gasteiger partial charge in [-0.25, -0.2) is 0 Å². The summed E-state index contributed by atoms with van der Waals surface area (Å²) in [5, 5.41) is 0. The first-order chi connectivity index (χ1) is 23.0. The van der Waals surface area contributed by atoms with Crippen LogP contribution in [0.25, 0.3) is 22.3 Å². The average Bonchev–Trinajstić information content (AvgIpc) is 3.28. The Morgan fingerprint density at radius 1 is 0.458 bits per heavy atom. The Hall–Kier alpha value is -4.82. The minimum atomic E-state index is -0.133. The Morgan fingerprint density at radius 3 is 1.71 bits per heavy atom. The Morgan fingerprint density at radius 2 is 1.04 bits per heavy atom. The summed E-state index contributed by atoms with van der Waals surface area (Å²) in [6, 6.07) is 50.2. The second-order valence-corrected chi connectivity index (χ2v) is 16.1. The van der Waals surface area contributed by atoms with Crippen molar-refractivity contribution in [2.45, 2.75) is 64.2 Å². The van der Waals surface area contributed by atoms with Crippen molar-refractivity contribution in [1.29, 1.82) is 0 Å². The molecule has 0 fully saturated rings. The normalized spacial score (nSPS) is 17.3. The summed E-state index contributed by atoms with van der Waals surface area (Å²) in [4.78, 5) is 2.52. The van der Waals surface area contributed by atoms with E-state index in [0.717, 1.165) is 0 Å². The quantitative estimate of drug-likeness (QED) is 0.178. The molecule has 2 heterocycles.